The molecule has 4 aromatic rings. The number of hydrogen-bond acceptors (Lipinski definition) is 7. The largest absolute Gasteiger partial charge is 0.370 e. The van der Waals surface area contributed by atoms with E-state index >= 15 is 0 Å². The third-order valence-corrected chi connectivity index (χ3v) is 5.67. The molecule has 0 spiro atoms. The molecule has 1 aromatic carbocycles. The van der Waals surface area contributed by atoms with Gasteiger partial charge in [0.2, 0.25) is 5.95 Å². The number of aryl methyl sites for hydroxylation is 3. The molecule has 1 fully saturated rings. The lowest BCUT2D eigenvalue weighted by Gasteiger charge is -2.32. The summed E-state index contributed by atoms with van der Waals surface area (Å²) in [5.41, 5.74) is 2.45. The van der Waals surface area contributed by atoms with Gasteiger partial charge in [0.25, 0.3) is 0 Å². The van der Waals surface area contributed by atoms with Gasteiger partial charge in [0.15, 0.2) is 23.1 Å². The van der Waals surface area contributed by atoms with Gasteiger partial charge in [-0.3, -0.25) is 4.68 Å². The van der Waals surface area contributed by atoms with Crippen LogP contribution in [0.3, 0.4) is 0 Å². The first-order chi connectivity index (χ1) is 15.8. The molecule has 8 nitrogen and oxygen atoms in total. The second kappa shape index (κ2) is 8.07. The van der Waals surface area contributed by atoms with E-state index in [2.05, 4.69) is 25.0 Å². The number of anilines is 1. The smallest absolute Gasteiger partial charge is 0.228 e. The van der Waals surface area contributed by atoms with Crippen LogP contribution in [0.4, 0.5) is 19.1 Å². The van der Waals surface area contributed by atoms with Crippen molar-refractivity contribution in [3.05, 3.63) is 58.9 Å². The van der Waals surface area contributed by atoms with Crippen molar-refractivity contribution >= 4 is 17.1 Å². The fourth-order valence-corrected chi connectivity index (χ4v) is 3.78. The van der Waals surface area contributed by atoms with Crippen LogP contribution in [0.15, 0.2) is 24.5 Å². The van der Waals surface area contributed by atoms with Crippen molar-refractivity contribution in [2.75, 3.05) is 24.6 Å². The van der Waals surface area contributed by atoms with Crippen LogP contribution >= 0.6 is 0 Å². The van der Waals surface area contributed by atoms with E-state index in [0.29, 0.717) is 31.1 Å². The Morgan fingerprint density at radius 1 is 1.00 bits per heavy atom. The highest BCUT2D eigenvalue weighted by atomic mass is 19.2. The predicted molar refractivity (Wildman–Crippen MR) is 114 cm³/mol. The van der Waals surface area contributed by atoms with Crippen LogP contribution in [0.2, 0.25) is 0 Å². The Bertz CT molecular complexity index is 1370. The number of benzene rings is 1. The third kappa shape index (κ3) is 3.78. The van der Waals surface area contributed by atoms with E-state index in [9.17, 15) is 13.2 Å². The van der Waals surface area contributed by atoms with E-state index in [-0.39, 0.29) is 34.5 Å². The Hall–Kier alpha value is -3.60. The first-order valence-corrected chi connectivity index (χ1v) is 10.3. The molecule has 4 heterocycles. The zero-order valence-corrected chi connectivity index (χ0v) is 18.2. The van der Waals surface area contributed by atoms with Gasteiger partial charge in [-0.25, -0.2) is 28.1 Å². The van der Waals surface area contributed by atoms with Crippen molar-refractivity contribution in [2.45, 2.75) is 20.0 Å². The minimum absolute atomic E-state index is 0.0476. The predicted octanol–water partition coefficient (Wildman–Crippen LogP) is 3.43. The Kier molecular flexibility index (Phi) is 5.20. The molecule has 1 aliphatic heterocycles. The highest BCUT2D eigenvalue weighted by Crippen LogP contribution is 2.32. The monoisotopic (exact) mass is 455 g/mol. The van der Waals surface area contributed by atoms with Gasteiger partial charge in [0, 0.05) is 30.9 Å². The number of rotatable bonds is 3. The molecule has 1 aliphatic rings. The average molecular weight is 455 g/mol. The van der Waals surface area contributed by atoms with Crippen molar-refractivity contribution < 1.29 is 17.9 Å². The Morgan fingerprint density at radius 2 is 1.79 bits per heavy atom. The highest BCUT2D eigenvalue weighted by Gasteiger charge is 2.27. The molecule has 0 saturated carbocycles. The van der Waals surface area contributed by atoms with Crippen molar-refractivity contribution in [1.82, 2.24) is 29.7 Å². The molecule has 33 heavy (non-hydrogen) atoms. The zero-order valence-electron chi connectivity index (χ0n) is 18.2. The summed E-state index contributed by atoms with van der Waals surface area (Å²) in [6.07, 6.45) is 3.34. The molecular weight excluding hydrogens is 435 g/mol. The van der Waals surface area contributed by atoms with Crippen LogP contribution in [0, 0.1) is 31.3 Å². The summed E-state index contributed by atoms with van der Waals surface area (Å²) in [5.74, 6) is -3.91. The number of morpholine rings is 1. The van der Waals surface area contributed by atoms with Crippen LogP contribution in [-0.4, -0.2) is 49.4 Å². The topological polar surface area (TPSA) is 81.9 Å². The number of aromatic nitrogens is 6. The van der Waals surface area contributed by atoms with E-state index in [0.717, 1.165) is 17.7 Å². The van der Waals surface area contributed by atoms with E-state index in [1.807, 2.05) is 18.1 Å². The average Bonchev–Trinajstić information content (AvgIpc) is 3.24. The number of nitrogens with zero attached hydrogens (tertiary/aromatic N) is 7. The van der Waals surface area contributed by atoms with E-state index in [1.54, 1.807) is 24.7 Å². The molecule has 5 rings (SSSR count). The number of ether oxygens (including phenoxy) is 1. The van der Waals surface area contributed by atoms with Gasteiger partial charge in [-0.15, -0.1) is 0 Å². The molecule has 0 amide bonds. The Balaban J connectivity index is 1.64. The lowest BCUT2D eigenvalue weighted by atomic mass is 10.1. The van der Waals surface area contributed by atoms with Crippen molar-refractivity contribution in [3.8, 4) is 11.3 Å². The summed E-state index contributed by atoms with van der Waals surface area (Å²) in [4.78, 5) is 20.0. The number of hydrogen-bond donors (Lipinski definition) is 0. The van der Waals surface area contributed by atoms with Gasteiger partial charge >= 0.3 is 0 Å². The van der Waals surface area contributed by atoms with Crippen LogP contribution in [-0.2, 0) is 11.8 Å². The summed E-state index contributed by atoms with van der Waals surface area (Å²) in [5, 5.41) is 4.19. The molecule has 0 bridgehead atoms. The van der Waals surface area contributed by atoms with Gasteiger partial charge in [0.1, 0.15) is 17.3 Å². The van der Waals surface area contributed by atoms with Gasteiger partial charge in [0.05, 0.1) is 30.7 Å². The van der Waals surface area contributed by atoms with E-state index < -0.39 is 17.5 Å². The molecule has 170 valence electrons. The Labute approximate surface area is 187 Å². The van der Waals surface area contributed by atoms with Crippen LogP contribution in [0.5, 0.6) is 0 Å². The van der Waals surface area contributed by atoms with Crippen molar-refractivity contribution in [1.29, 1.82) is 0 Å². The molecule has 1 saturated heterocycles. The lowest BCUT2D eigenvalue weighted by Crippen LogP contribution is -2.39. The normalized spacial score (nSPS) is 16.5. The maximum atomic E-state index is 14.7. The summed E-state index contributed by atoms with van der Waals surface area (Å²) >= 11 is 0. The molecule has 1 atom stereocenters. The Morgan fingerprint density at radius 3 is 2.55 bits per heavy atom. The van der Waals surface area contributed by atoms with Crippen molar-refractivity contribution in [2.24, 2.45) is 7.05 Å². The first-order valence-electron chi connectivity index (χ1n) is 10.3. The summed E-state index contributed by atoms with van der Waals surface area (Å²) in [7, 11) is 1.82. The SMILES string of the molecule is Cc1nc2nc(N3CCOC(c4cnn(C)c4)C3)nc(-c3ccc(F)c(F)c3F)c2nc1C. The van der Waals surface area contributed by atoms with Gasteiger partial charge in [-0.05, 0) is 26.0 Å². The second-order valence-corrected chi connectivity index (χ2v) is 7.91. The maximum Gasteiger partial charge on any atom is 0.228 e. The maximum absolute atomic E-state index is 14.7. The fourth-order valence-electron chi connectivity index (χ4n) is 3.78. The van der Waals surface area contributed by atoms with Crippen LogP contribution < -0.4 is 4.90 Å². The van der Waals surface area contributed by atoms with Crippen molar-refractivity contribution in [3.63, 3.8) is 0 Å². The van der Waals surface area contributed by atoms with Gasteiger partial charge in [-0.2, -0.15) is 10.1 Å². The van der Waals surface area contributed by atoms with Gasteiger partial charge < -0.3 is 9.64 Å². The zero-order chi connectivity index (χ0) is 23.3. The number of fused-ring (bicyclic) bond motifs is 1. The molecular formula is C22H20F3N7O. The minimum atomic E-state index is -1.57. The third-order valence-electron chi connectivity index (χ3n) is 5.67. The molecule has 3 aromatic heterocycles. The number of halogens is 3. The highest BCUT2D eigenvalue weighted by molar-refractivity contribution is 5.88. The molecule has 11 heteroatoms. The summed E-state index contributed by atoms with van der Waals surface area (Å²) in [6, 6.07) is 2.01. The van der Waals surface area contributed by atoms with E-state index in [1.165, 1.54) is 0 Å². The quantitative estimate of drug-likeness (QED) is 0.438. The molecule has 0 N–H and O–H groups in total. The van der Waals surface area contributed by atoms with E-state index in [4.69, 9.17) is 4.74 Å². The van der Waals surface area contributed by atoms with Crippen LogP contribution in [0.1, 0.15) is 23.1 Å². The summed E-state index contributed by atoms with van der Waals surface area (Å²) in [6.45, 7) is 4.86. The first kappa shape index (κ1) is 21.3. The lowest BCUT2D eigenvalue weighted by molar-refractivity contribution is 0.0392. The molecule has 1 unspecified atom stereocenters. The fraction of sp³-hybridized carbons (Fsp3) is 0.318. The standard InChI is InChI=1S/C22H20F3N7O/c1-11-12(2)28-21-20(27-11)19(14-4-5-15(23)18(25)17(14)24)29-22(30-21)32-6-7-33-16(10-32)13-8-26-31(3)9-13/h4-5,8-9,16H,6-7,10H2,1-3H3. The molecule has 0 radical (unpaired) electrons. The summed E-state index contributed by atoms with van der Waals surface area (Å²) < 4.78 is 50.0. The minimum Gasteiger partial charge on any atom is -0.370 e. The van der Waals surface area contributed by atoms with Gasteiger partial charge in [-0.1, -0.05) is 0 Å². The molecule has 0 aliphatic carbocycles. The van der Waals surface area contributed by atoms with Crippen LogP contribution in [0.25, 0.3) is 22.4 Å². The second-order valence-electron chi connectivity index (χ2n) is 7.91.